The first-order valence-electron chi connectivity index (χ1n) is 18.1. The number of aliphatic hydroxyl groups is 1. The number of hydrogen-bond acceptors (Lipinski definition) is 7. The van der Waals surface area contributed by atoms with Gasteiger partial charge in [0, 0.05) is 17.5 Å². The zero-order valence-electron chi connectivity index (χ0n) is 28.7. The molecule has 0 saturated heterocycles. The summed E-state index contributed by atoms with van der Waals surface area (Å²) >= 11 is 0. The molecule has 0 radical (unpaired) electrons. The molecule has 0 aromatic carbocycles. The Balaban J connectivity index is 1.28. The molecule has 4 rings (SSSR count). The molecular weight excluding hydrogens is 590 g/mol. The average molecular weight is 654 g/mol. The number of unbranched alkanes of at least 4 members (excludes halogenated alkanes) is 1. The largest absolute Gasteiger partial charge is 0.397 e. The van der Waals surface area contributed by atoms with Gasteiger partial charge < -0.3 is 15.7 Å². The minimum Gasteiger partial charge on any atom is -0.393 e. The van der Waals surface area contributed by atoms with E-state index in [1.54, 1.807) is 0 Å². The molecule has 10 nitrogen and oxygen atoms in total. The Hall–Kier alpha value is -0.940. The Kier molecular flexibility index (Phi) is 13.1. The molecule has 0 aromatic heterocycles. The second-order valence-corrected chi connectivity index (χ2v) is 17.1. The molecule has 0 amide bonds. The molecule has 260 valence electrons. The van der Waals surface area contributed by atoms with Gasteiger partial charge in [-0.05, 0) is 161 Å². The minimum atomic E-state index is -4.46. The standard InChI is InChI=1S/C34H63N5O5S/c1-23(2)31(44-45(41,42)43)12-9-24(3)27-10-11-28-32-29(14-16-34(27,28)5)33(4)15-13-26(21-25(33)22-30(32)40)37-19-8-18-36-17-6-7-20-38-39-35/h23-32,36-37,40H,6-22H2,1-5H3,(H,41,42,43)/t24-,25-,26+,27-,28?,29?,30-,31-,32?,33+,34-/m1/s1. The summed E-state index contributed by atoms with van der Waals surface area (Å²) in [7, 11) is -4.46. The Labute approximate surface area is 273 Å². The maximum atomic E-state index is 11.8. The SMILES string of the molecule is CC(C)[C@@H](CC[C@@H](C)[C@H]1CCC2C3C(CC[C@@]21C)[C@@]1(C)CC[C@H](NCCCNCCCCN=[N+]=[N-])C[C@@H]1C[C@H]3O)OS(=O)(=O)O. The lowest BCUT2D eigenvalue weighted by Crippen LogP contribution is -2.59. The van der Waals surface area contributed by atoms with Crippen LogP contribution in [0.2, 0.25) is 0 Å². The summed E-state index contributed by atoms with van der Waals surface area (Å²) in [5.74, 6) is 3.11. The highest BCUT2D eigenvalue weighted by Gasteiger charge is 2.62. The second-order valence-electron chi connectivity index (χ2n) is 16.1. The van der Waals surface area contributed by atoms with Gasteiger partial charge >= 0.3 is 10.4 Å². The molecule has 4 aliphatic carbocycles. The van der Waals surface area contributed by atoms with Crippen molar-refractivity contribution in [3.8, 4) is 0 Å². The summed E-state index contributed by atoms with van der Waals surface area (Å²) < 4.78 is 37.1. The first kappa shape index (κ1) is 36.9. The lowest BCUT2D eigenvalue weighted by molar-refractivity contribution is -0.167. The van der Waals surface area contributed by atoms with Crippen molar-refractivity contribution in [2.45, 2.75) is 136 Å². The molecule has 4 fully saturated rings. The average Bonchev–Trinajstić information content (AvgIpc) is 3.33. The van der Waals surface area contributed by atoms with Crippen LogP contribution in [0.4, 0.5) is 0 Å². The molecule has 0 bridgehead atoms. The maximum absolute atomic E-state index is 11.8. The normalized spacial score (nSPS) is 37.7. The van der Waals surface area contributed by atoms with Crippen molar-refractivity contribution in [3.63, 3.8) is 0 Å². The van der Waals surface area contributed by atoms with Crippen LogP contribution in [0.15, 0.2) is 5.11 Å². The monoisotopic (exact) mass is 653 g/mol. The fourth-order valence-corrected chi connectivity index (χ4v) is 11.4. The van der Waals surface area contributed by atoms with E-state index in [1.807, 2.05) is 13.8 Å². The summed E-state index contributed by atoms with van der Waals surface area (Å²) in [6, 6.07) is 0.542. The van der Waals surface area contributed by atoms with E-state index in [0.29, 0.717) is 59.9 Å². The van der Waals surface area contributed by atoms with E-state index >= 15 is 0 Å². The zero-order chi connectivity index (χ0) is 32.8. The number of nitrogens with zero attached hydrogens (tertiary/aromatic N) is 3. The number of aliphatic hydroxyl groups excluding tert-OH is 1. The zero-order valence-corrected chi connectivity index (χ0v) is 29.5. The number of hydrogen-bond donors (Lipinski definition) is 4. The first-order valence-corrected chi connectivity index (χ1v) is 19.5. The van der Waals surface area contributed by atoms with Crippen molar-refractivity contribution in [2.24, 2.45) is 57.4 Å². The van der Waals surface area contributed by atoms with Gasteiger partial charge in [0.25, 0.3) is 0 Å². The predicted molar refractivity (Wildman–Crippen MR) is 179 cm³/mol. The summed E-state index contributed by atoms with van der Waals surface area (Å²) in [5.41, 5.74) is 8.86. The van der Waals surface area contributed by atoms with Crippen LogP contribution >= 0.6 is 0 Å². The number of fused-ring (bicyclic) bond motifs is 5. The van der Waals surface area contributed by atoms with Crippen LogP contribution in [0.25, 0.3) is 10.4 Å². The summed E-state index contributed by atoms with van der Waals surface area (Å²) in [6.07, 6.45) is 13.2. The maximum Gasteiger partial charge on any atom is 0.397 e. The second kappa shape index (κ2) is 16.0. The molecule has 4 aliphatic rings. The van der Waals surface area contributed by atoms with Crippen molar-refractivity contribution in [1.29, 1.82) is 0 Å². The predicted octanol–water partition coefficient (Wildman–Crippen LogP) is 6.90. The smallest absolute Gasteiger partial charge is 0.393 e. The van der Waals surface area contributed by atoms with Gasteiger partial charge in [-0.1, -0.05) is 39.7 Å². The summed E-state index contributed by atoms with van der Waals surface area (Å²) in [5, 5.41) is 22.7. The Morgan fingerprint density at radius 3 is 2.38 bits per heavy atom. The third kappa shape index (κ3) is 8.95. The number of rotatable bonds is 17. The van der Waals surface area contributed by atoms with E-state index in [1.165, 1.54) is 44.9 Å². The topological polar surface area (TPSA) is 157 Å². The van der Waals surface area contributed by atoms with Crippen LogP contribution in [0.1, 0.15) is 118 Å². The van der Waals surface area contributed by atoms with Gasteiger partial charge in [0.1, 0.15) is 0 Å². The molecular formula is C34H63N5O5S. The fourth-order valence-electron chi connectivity index (χ4n) is 10.8. The van der Waals surface area contributed by atoms with Crippen molar-refractivity contribution >= 4 is 10.4 Å². The molecule has 45 heavy (non-hydrogen) atoms. The summed E-state index contributed by atoms with van der Waals surface area (Å²) in [4.78, 5) is 2.80. The number of nitrogens with one attached hydrogen (secondary N) is 2. The molecule has 0 aromatic rings. The molecule has 0 spiro atoms. The molecule has 3 unspecified atom stereocenters. The van der Waals surface area contributed by atoms with E-state index < -0.39 is 16.5 Å². The minimum absolute atomic E-state index is 0.00737. The van der Waals surface area contributed by atoms with Gasteiger partial charge in [-0.15, -0.1) is 0 Å². The highest BCUT2D eigenvalue weighted by Crippen LogP contribution is 2.68. The molecule has 0 aliphatic heterocycles. The van der Waals surface area contributed by atoms with E-state index in [0.717, 1.165) is 51.7 Å². The molecule has 11 atom stereocenters. The number of azide groups is 1. The van der Waals surface area contributed by atoms with Crippen LogP contribution in [-0.4, -0.2) is 62.5 Å². The highest BCUT2D eigenvalue weighted by atomic mass is 32.3. The molecule has 4 N–H and O–H groups in total. The Morgan fingerprint density at radius 2 is 1.67 bits per heavy atom. The van der Waals surface area contributed by atoms with Gasteiger partial charge in [0.15, 0.2) is 0 Å². The van der Waals surface area contributed by atoms with E-state index in [4.69, 9.17) is 9.71 Å². The van der Waals surface area contributed by atoms with Gasteiger partial charge in [-0.3, -0.25) is 4.55 Å². The van der Waals surface area contributed by atoms with Crippen LogP contribution in [-0.2, 0) is 14.6 Å². The van der Waals surface area contributed by atoms with Crippen molar-refractivity contribution in [3.05, 3.63) is 10.4 Å². The van der Waals surface area contributed by atoms with E-state index in [-0.39, 0.29) is 17.4 Å². The van der Waals surface area contributed by atoms with Crippen molar-refractivity contribution in [1.82, 2.24) is 10.6 Å². The Morgan fingerprint density at radius 1 is 0.956 bits per heavy atom. The van der Waals surface area contributed by atoms with Crippen molar-refractivity contribution in [2.75, 3.05) is 26.2 Å². The van der Waals surface area contributed by atoms with Gasteiger partial charge in [-0.25, -0.2) is 4.18 Å². The van der Waals surface area contributed by atoms with Crippen LogP contribution in [0.5, 0.6) is 0 Å². The van der Waals surface area contributed by atoms with Gasteiger partial charge in [0.2, 0.25) is 0 Å². The third-order valence-electron chi connectivity index (χ3n) is 13.2. The van der Waals surface area contributed by atoms with Crippen LogP contribution < -0.4 is 10.6 Å². The highest BCUT2D eigenvalue weighted by molar-refractivity contribution is 7.80. The molecule has 11 heteroatoms. The fraction of sp³-hybridized carbons (Fsp3) is 1.00. The van der Waals surface area contributed by atoms with Gasteiger partial charge in [0.05, 0.1) is 12.2 Å². The van der Waals surface area contributed by atoms with E-state index in [9.17, 15) is 18.1 Å². The quantitative estimate of drug-likeness (QED) is 0.0437. The van der Waals surface area contributed by atoms with Crippen LogP contribution in [0.3, 0.4) is 0 Å². The summed E-state index contributed by atoms with van der Waals surface area (Å²) in [6.45, 7) is 14.8. The Bertz CT molecular complexity index is 1100. The van der Waals surface area contributed by atoms with Crippen LogP contribution in [0, 0.1) is 52.3 Å². The van der Waals surface area contributed by atoms with E-state index in [2.05, 4.69) is 41.4 Å². The molecule has 4 saturated carbocycles. The lowest BCUT2D eigenvalue weighted by Gasteiger charge is -2.62. The lowest BCUT2D eigenvalue weighted by atomic mass is 9.43. The van der Waals surface area contributed by atoms with Gasteiger partial charge in [-0.2, -0.15) is 8.42 Å². The third-order valence-corrected chi connectivity index (χ3v) is 13.7. The first-order chi connectivity index (χ1) is 21.3. The molecule has 0 heterocycles. The van der Waals surface area contributed by atoms with Crippen molar-refractivity contribution < 1.29 is 22.3 Å².